The van der Waals surface area contributed by atoms with E-state index < -0.39 is 6.04 Å². The summed E-state index contributed by atoms with van der Waals surface area (Å²) in [5.74, 6) is 1.41. The molecule has 2 amide bonds. The summed E-state index contributed by atoms with van der Waals surface area (Å²) < 4.78 is 5.39. The number of thioether (sulfide) groups is 1. The van der Waals surface area contributed by atoms with Crippen molar-refractivity contribution in [2.24, 2.45) is 0 Å². The number of methoxy groups -OCH3 is 1. The minimum atomic E-state index is -0.635. The lowest BCUT2D eigenvalue weighted by Gasteiger charge is -2.31. The van der Waals surface area contributed by atoms with Gasteiger partial charge >= 0.3 is 0 Å². The predicted octanol–water partition coefficient (Wildman–Crippen LogP) is 6.14. The first kappa shape index (κ1) is 28.6. The molecule has 0 radical (unpaired) electrons. The standard InChI is InChI=1S/C30H35ClN2O3S/c1-3-4-16-32-30(35)28(19-23-10-6-5-7-11-23)33(20-24-12-9-15-27(18-24)36-2)29(34)22-37-21-25-13-8-14-26(31)17-25/h5-15,17-18,28H,3-4,16,19-22H2,1-2H3,(H,32,35)/t28-/m1/s1. The van der Waals surface area contributed by atoms with Gasteiger partial charge in [0.1, 0.15) is 11.8 Å². The molecule has 196 valence electrons. The van der Waals surface area contributed by atoms with Crippen LogP contribution in [0.3, 0.4) is 0 Å². The molecule has 0 fully saturated rings. The van der Waals surface area contributed by atoms with Gasteiger partial charge in [0.2, 0.25) is 11.8 Å². The molecule has 3 aromatic rings. The zero-order chi connectivity index (χ0) is 26.5. The number of hydrogen-bond donors (Lipinski definition) is 1. The number of benzene rings is 3. The smallest absolute Gasteiger partial charge is 0.243 e. The number of halogens is 1. The molecule has 0 heterocycles. The lowest BCUT2D eigenvalue weighted by Crippen LogP contribution is -2.51. The summed E-state index contributed by atoms with van der Waals surface area (Å²) in [6.45, 7) is 2.99. The SMILES string of the molecule is CCCCNC(=O)[C@@H](Cc1ccccc1)N(Cc1cccc(OC)c1)C(=O)CSCc1cccc(Cl)c1. The molecule has 0 saturated carbocycles. The van der Waals surface area contributed by atoms with E-state index in [9.17, 15) is 9.59 Å². The van der Waals surface area contributed by atoms with Crippen molar-refractivity contribution in [1.29, 1.82) is 0 Å². The van der Waals surface area contributed by atoms with E-state index in [2.05, 4.69) is 12.2 Å². The van der Waals surface area contributed by atoms with E-state index in [4.69, 9.17) is 16.3 Å². The Morgan fingerprint density at radius 1 is 0.973 bits per heavy atom. The van der Waals surface area contributed by atoms with Crippen LogP contribution in [0.5, 0.6) is 5.75 Å². The third-order valence-corrected chi connectivity index (χ3v) is 7.19. The average molecular weight is 539 g/mol. The van der Waals surface area contributed by atoms with E-state index in [1.54, 1.807) is 12.0 Å². The van der Waals surface area contributed by atoms with Gasteiger partial charge in [-0.05, 0) is 47.4 Å². The highest BCUT2D eigenvalue weighted by Gasteiger charge is 2.30. The van der Waals surface area contributed by atoms with E-state index in [0.29, 0.717) is 36.0 Å². The monoisotopic (exact) mass is 538 g/mol. The predicted molar refractivity (Wildman–Crippen MR) is 153 cm³/mol. The fourth-order valence-corrected chi connectivity index (χ4v) is 5.06. The second-order valence-corrected chi connectivity index (χ2v) is 10.3. The van der Waals surface area contributed by atoms with Gasteiger partial charge in [0.05, 0.1) is 12.9 Å². The van der Waals surface area contributed by atoms with E-state index >= 15 is 0 Å². The fourth-order valence-electron chi connectivity index (χ4n) is 3.99. The van der Waals surface area contributed by atoms with Gasteiger partial charge in [0.15, 0.2) is 0 Å². The highest BCUT2D eigenvalue weighted by molar-refractivity contribution is 7.99. The highest BCUT2D eigenvalue weighted by atomic mass is 35.5. The number of unbranched alkanes of at least 4 members (excludes halogenated alkanes) is 1. The normalized spacial score (nSPS) is 11.5. The molecule has 3 aromatic carbocycles. The second-order valence-electron chi connectivity index (χ2n) is 8.85. The number of amides is 2. The van der Waals surface area contributed by atoms with Gasteiger partial charge in [-0.15, -0.1) is 11.8 Å². The van der Waals surface area contributed by atoms with Crippen molar-refractivity contribution >= 4 is 35.2 Å². The van der Waals surface area contributed by atoms with Gasteiger partial charge in [0.25, 0.3) is 0 Å². The Morgan fingerprint density at radius 3 is 2.43 bits per heavy atom. The molecule has 1 N–H and O–H groups in total. The quantitative estimate of drug-likeness (QED) is 0.250. The van der Waals surface area contributed by atoms with E-state index in [1.165, 1.54) is 11.8 Å². The number of carbonyl (C=O) groups is 2. The van der Waals surface area contributed by atoms with Crippen LogP contribution in [0, 0.1) is 0 Å². The average Bonchev–Trinajstić information content (AvgIpc) is 2.91. The van der Waals surface area contributed by atoms with Crippen molar-refractivity contribution in [2.75, 3.05) is 19.4 Å². The second kappa shape index (κ2) is 15.3. The van der Waals surface area contributed by atoms with Crippen molar-refractivity contribution < 1.29 is 14.3 Å². The summed E-state index contributed by atoms with van der Waals surface area (Å²) in [7, 11) is 1.62. The molecular weight excluding hydrogens is 504 g/mol. The number of carbonyl (C=O) groups excluding carboxylic acids is 2. The van der Waals surface area contributed by atoms with Gasteiger partial charge in [-0.3, -0.25) is 9.59 Å². The maximum Gasteiger partial charge on any atom is 0.243 e. The Hall–Kier alpha value is -2.96. The Morgan fingerprint density at radius 2 is 1.70 bits per heavy atom. The molecule has 0 aliphatic carbocycles. The summed E-state index contributed by atoms with van der Waals surface area (Å²) in [5.41, 5.74) is 2.97. The summed E-state index contributed by atoms with van der Waals surface area (Å²) >= 11 is 7.64. The van der Waals surface area contributed by atoms with Crippen molar-refractivity contribution in [1.82, 2.24) is 10.2 Å². The number of rotatable bonds is 14. The molecule has 7 heteroatoms. The minimum Gasteiger partial charge on any atom is -0.497 e. The molecule has 37 heavy (non-hydrogen) atoms. The number of nitrogens with one attached hydrogen (secondary N) is 1. The zero-order valence-electron chi connectivity index (χ0n) is 21.5. The summed E-state index contributed by atoms with van der Waals surface area (Å²) in [6, 6.07) is 24.5. The minimum absolute atomic E-state index is 0.0820. The van der Waals surface area contributed by atoms with Gasteiger partial charge in [-0.2, -0.15) is 0 Å². The molecule has 5 nitrogen and oxygen atoms in total. The van der Waals surface area contributed by atoms with E-state index in [0.717, 1.165) is 29.5 Å². The zero-order valence-corrected chi connectivity index (χ0v) is 23.1. The van der Waals surface area contributed by atoms with E-state index in [1.807, 2.05) is 78.9 Å². The van der Waals surface area contributed by atoms with Crippen LogP contribution in [0.4, 0.5) is 0 Å². The van der Waals surface area contributed by atoms with Crippen LogP contribution in [0.1, 0.15) is 36.5 Å². The third kappa shape index (κ3) is 9.45. The first-order valence-electron chi connectivity index (χ1n) is 12.6. The van der Waals surface area contributed by atoms with Crippen molar-refractivity contribution in [3.63, 3.8) is 0 Å². The van der Waals surface area contributed by atoms with Crippen molar-refractivity contribution in [3.05, 3.63) is 101 Å². The molecule has 0 spiro atoms. The van der Waals surface area contributed by atoms with Crippen LogP contribution in [-0.4, -0.2) is 42.2 Å². The topological polar surface area (TPSA) is 58.6 Å². The fraction of sp³-hybridized carbons (Fsp3) is 0.333. The largest absolute Gasteiger partial charge is 0.497 e. The molecule has 1 atom stereocenters. The van der Waals surface area contributed by atoms with Crippen LogP contribution in [0.25, 0.3) is 0 Å². The number of ether oxygens (including phenoxy) is 1. The van der Waals surface area contributed by atoms with Crippen LogP contribution >= 0.6 is 23.4 Å². The lowest BCUT2D eigenvalue weighted by atomic mass is 10.0. The Balaban J connectivity index is 1.84. The van der Waals surface area contributed by atoms with Crippen molar-refractivity contribution in [2.45, 2.75) is 44.5 Å². The van der Waals surface area contributed by atoms with Crippen LogP contribution < -0.4 is 10.1 Å². The van der Waals surface area contributed by atoms with Gasteiger partial charge in [-0.25, -0.2) is 0 Å². The lowest BCUT2D eigenvalue weighted by molar-refractivity contribution is -0.139. The van der Waals surface area contributed by atoms with Gasteiger partial charge < -0.3 is 15.0 Å². The molecule has 0 bridgehead atoms. The van der Waals surface area contributed by atoms with Crippen LogP contribution in [0.15, 0.2) is 78.9 Å². The molecular formula is C30H35ClN2O3S. The highest BCUT2D eigenvalue weighted by Crippen LogP contribution is 2.21. The van der Waals surface area contributed by atoms with Crippen LogP contribution in [-0.2, 0) is 28.3 Å². The first-order chi connectivity index (χ1) is 18.0. The Labute approximate surface area is 229 Å². The van der Waals surface area contributed by atoms with E-state index in [-0.39, 0.29) is 17.6 Å². The summed E-state index contributed by atoms with van der Waals surface area (Å²) in [5, 5.41) is 3.73. The molecule has 0 aliphatic heterocycles. The molecule has 3 rings (SSSR count). The summed E-state index contributed by atoms with van der Waals surface area (Å²) in [4.78, 5) is 28.9. The summed E-state index contributed by atoms with van der Waals surface area (Å²) in [6.07, 6.45) is 2.31. The van der Waals surface area contributed by atoms with Gasteiger partial charge in [-0.1, -0.05) is 79.5 Å². The maximum absolute atomic E-state index is 13.7. The third-order valence-electron chi connectivity index (χ3n) is 5.97. The van der Waals surface area contributed by atoms with Crippen LogP contribution in [0.2, 0.25) is 5.02 Å². The van der Waals surface area contributed by atoms with Gasteiger partial charge in [0, 0.05) is 30.3 Å². The first-order valence-corrected chi connectivity index (χ1v) is 14.1. The number of nitrogens with zero attached hydrogens (tertiary/aromatic N) is 1. The Kier molecular flexibility index (Phi) is 11.9. The van der Waals surface area contributed by atoms with Crippen molar-refractivity contribution in [3.8, 4) is 5.75 Å². The molecule has 0 aromatic heterocycles. The number of hydrogen-bond acceptors (Lipinski definition) is 4. The molecule has 0 aliphatic rings. The Bertz CT molecular complexity index is 1140. The maximum atomic E-state index is 13.7. The molecule has 0 saturated heterocycles. The molecule has 0 unspecified atom stereocenters.